The van der Waals surface area contributed by atoms with Gasteiger partial charge in [0.05, 0.1) is 10.6 Å². The van der Waals surface area contributed by atoms with Crippen molar-refractivity contribution in [3.8, 4) is 0 Å². The normalized spacial score (nSPS) is 19.3. The highest BCUT2D eigenvalue weighted by atomic mass is 35.5. The number of likely N-dealkylation sites (N-methyl/N-ethyl adjacent to an activating group) is 1. The third-order valence-corrected chi connectivity index (χ3v) is 4.40. The lowest BCUT2D eigenvalue weighted by Crippen LogP contribution is -2.40. The van der Waals surface area contributed by atoms with Crippen LogP contribution in [-0.4, -0.2) is 56.0 Å². The second-order valence-electron chi connectivity index (χ2n) is 5.91. The molecule has 1 N–H and O–H groups in total. The predicted molar refractivity (Wildman–Crippen MR) is 88.2 cm³/mol. The van der Waals surface area contributed by atoms with E-state index < -0.39 is 0 Å². The Kier molecular flexibility index (Phi) is 5.48. The first-order valence-corrected chi connectivity index (χ1v) is 7.82. The van der Waals surface area contributed by atoms with Crippen LogP contribution in [0.25, 0.3) is 0 Å². The van der Waals surface area contributed by atoms with Crippen LogP contribution in [-0.2, 0) is 0 Å². The fraction of sp³-hybridized carbons (Fsp3) is 0.562. The number of amides is 1. The van der Waals surface area contributed by atoms with Crippen LogP contribution in [0.1, 0.15) is 29.6 Å². The van der Waals surface area contributed by atoms with Gasteiger partial charge in [0.2, 0.25) is 0 Å². The van der Waals surface area contributed by atoms with Gasteiger partial charge in [-0.05, 0) is 44.6 Å². The van der Waals surface area contributed by atoms with Crippen molar-refractivity contribution >= 4 is 23.2 Å². The van der Waals surface area contributed by atoms with Crippen LogP contribution in [0.2, 0.25) is 5.02 Å². The Bertz CT molecular complexity index is 504. The molecule has 21 heavy (non-hydrogen) atoms. The van der Waals surface area contributed by atoms with E-state index in [1.54, 1.807) is 25.1 Å². The highest BCUT2D eigenvalue weighted by molar-refractivity contribution is 6.34. The molecule has 1 unspecified atom stereocenters. The molecule has 1 atom stereocenters. The molecule has 1 heterocycles. The molecule has 0 saturated carbocycles. The molecule has 2 rings (SSSR count). The van der Waals surface area contributed by atoms with Crippen molar-refractivity contribution in [1.29, 1.82) is 0 Å². The Hall–Kier alpha value is -1.26. The third-order valence-electron chi connectivity index (χ3n) is 4.07. The second-order valence-corrected chi connectivity index (χ2v) is 6.31. The van der Waals surface area contributed by atoms with Gasteiger partial charge < -0.3 is 15.1 Å². The summed E-state index contributed by atoms with van der Waals surface area (Å²) >= 11 is 6.12. The second kappa shape index (κ2) is 7.14. The number of hydrogen-bond donors (Lipinski definition) is 1. The van der Waals surface area contributed by atoms with Crippen molar-refractivity contribution in [1.82, 2.24) is 9.80 Å². The zero-order chi connectivity index (χ0) is 15.4. The fourth-order valence-electron chi connectivity index (χ4n) is 2.68. The van der Waals surface area contributed by atoms with E-state index in [0.717, 1.165) is 18.8 Å². The van der Waals surface area contributed by atoms with Crippen molar-refractivity contribution in [3.63, 3.8) is 0 Å². The van der Waals surface area contributed by atoms with Crippen LogP contribution >= 0.6 is 11.6 Å². The highest BCUT2D eigenvalue weighted by Crippen LogP contribution is 2.22. The Morgan fingerprint density at radius 1 is 1.43 bits per heavy atom. The van der Waals surface area contributed by atoms with E-state index in [4.69, 9.17) is 11.6 Å². The molecule has 4 nitrogen and oxygen atoms in total. The smallest absolute Gasteiger partial charge is 0.254 e. The number of piperidine rings is 1. The molecule has 1 saturated heterocycles. The van der Waals surface area contributed by atoms with Crippen molar-refractivity contribution in [2.75, 3.05) is 39.5 Å². The van der Waals surface area contributed by atoms with E-state index in [0.29, 0.717) is 16.6 Å². The maximum atomic E-state index is 12.1. The van der Waals surface area contributed by atoms with Gasteiger partial charge in [-0.1, -0.05) is 18.0 Å². The average Bonchev–Trinajstić information content (AvgIpc) is 2.47. The maximum Gasteiger partial charge on any atom is 0.254 e. The third kappa shape index (κ3) is 4.11. The molecule has 5 heteroatoms. The quantitative estimate of drug-likeness (QED) is 0.929. The van der Waals surface area contributed by atoms with Gasteiger partial charge in [0.25, 0.3) is 5.91 Å². The summed E-state index contributed by atoms with van der Waals surface area (Å²) in [5, 5.41) is 3.93. The van der Waals surface area contributed by atoms with Gasteiger partial charge in [0, 0.05) is 32.4 Å². The standard InChI is InChI=1S/C16H24ClN3O/c1-19(2)16(21)14-10-12(7-8-15(14)17)18-11-13-6-4-5-9-20(13)3/h7-8,10,13,18H,4-6,9,11H2,1-3H3. The lowest BCUT2D eigenvalue weighted by molar-refractivity contribution is 0.0828. The summed E-state index contributed by atoms with van der Waals surface area (Å²) in [6.07, 6.45) is 3.80. The monoisotopic (exact) mass is 309 g/mol. The van der Waals surface area contributed by atoms with Gasteiger partial charge in [0.15, 0.2) is 0 Å². The molecule has 1 aliphatic heterocycles. The van der Waals surface area contributed by atoms with Crippen LogP contribution in [0, 0.1) is 0 Å². The minimum Gasteiger partial charge on any atom is -0.383 e. The van der Waals surface area contributed by atoms with Gasteiger partial charge in [-0.15, -0.1) is 0 Å². The fourth-order valence-corrected chi connectivity index (χ4v) is 2.88. The van der Waals surface area contributed by atoms with Gasteiger partial charge in [-0.25, -0.2) is 0 Å². The Morgan fingerprint density at radius 3 is 2.86 bits per heavy atom. The molecule has 116 valence electrons. The van der Waals surface area contributed by atoms with Crippen molar-refractivity contribution in [2.24, 2.45) is 0 Å². The van der Waals surface area contributed by atoms with Crippen LogP contribution < -0.4 is 5.32 Å². The summed E-state index contributed by atoms with van der Waals surface area (Å²) in [6, 6.07) is 6.11. The van der Waals surface area contributed by atoms with E-state index in [9.17, 15) is 4.79 Å². The molecule has 0 aromatic heterocycles. The summed E-state index contributed by atoms with van der Waals surface area (Å²) in [6.45, 7) is 2.06. The topological polar surface area (TPSA) is 35.6 Å². The Labute approximate surface area is 132 Å². The van der Waals surface area contributed by atoms with Gasteiger partial charge >= 0.3 is 0 Å². The SMILES string of the molecule is CN(C)C(=O)c1cc(NCC2CCCCN2C)ccc1Cl. The first-order valence-electron chi connectivity index (χ1n) is 7.44. The first kappa shape index (κ1) is 16.1. The van der Waals surface area contributed by atoms with E-state index in [2.05, 4.69) is 17.3 Å². The molecular formula is C16H24ClN3O. The van der Waals surface area contributed by atoms with E-state index in [-0.39, 0.29) is 5.91 Å². The molecule has 0 bridgehead atoms. The zero-order valence-corrected chi connectivity index (χ0v) is 13.8. The number of likely N-dealkylation sites (tertiary alicyclic amines) is 1. The summed E-state index contributed by atoms with van der Waals surface area (Å²) in [7, 11) is 5.64. The van der Waals surface area contributed by atoms with Crippen LogP contribution in [0.15, 0.2) is 18.2 Å². The lowest BCUT2D eigenvalue weighted by Gasteiger charge is -2.32. The van der Waals surface area contributed by atoms with Crippen molar-refractivity contribution in [2.45, 2.75) is 25.3 Å². The zero-order valence-electron chi connectivity index (χ0n) is 13.0. The lowest BCUT2D eigenvalue weighted by atomic mass is 10.0. The summed E-state index contributed by atoms with van der Waals surface area (Å²) in [5.41, 5.74) is 1.49. The molecule has 1 aromatic carbocycles. The van der Waals surface area contributed by atoms with Crippen LogP contribution in [0.3, 0.4) is 0 Å². The summed E-state index contributed by atoms with van der Waals surface area (Å²) in [4.78, 5) is 16.0. The number of halogens is 1. The van der Waals surface area contributed by atoms with Crippen molar-refractivity contribution in [3.05, 3.63) is 28.8 Å². The van der Waals surface area contributed by atoms with E-state index in [1.165, 1.54) is 19.3 Å². The van der Waals surface area contributed by atoms with E-state index in [1.807, 2.05) is 12.1 Å². The number of carbonyl (C=O) groups excluding carboxylic acids is 1. The molecular weight excluding hydrogens is 286 g/mol. The predicted octanol–water partition coefficient (Wildman–Crippen LogP) is 2.94. The largest absolute Gasteiger partial charge is 0.383 e. The van der Waals surface area contributed by atoms with Gasteiger partial charge in [-0.2, -0.15) is 0 Å². The maximum absolute atomic E-state index is 12.1. The minimum absolute atomic E-state index is 0.0709. The number of benzene rings is 1. The molecule has 1 amide bonds. The number of rotatable bonds is 4. The molecule has 1 aliphatic rings. The number of hydrogen-bond acceptors (Lipinski definition) is 3. The number of carbonyl (C=O) groups is 1. The van der Waals surface area contributed by atoms with Gasteiger partial charge in [-0.3, -0.25) is 4.79 Å². The van der Waals surface area contributed by atoms with Crippen molar-refractivity contribution < 1.29 is 4.79 Å². The number of anilines is 1. The molecule has 1 aromatic rings. The number of nitrogens with one attached hydrogen (secondary N) is 1. The Morgan fingerprint density at radius 2 is 2.19 bits per heavy atom. The van der Waals surface area contributed by atoms with Crippen LogP contribution in [0.5, 0.6) is 0 Å². The first-order chi connectivity index (χ1) is 9.99. The highest BCUT2D eigenvalue weighted by Gasteiger charge is 2.19. The van der Waals surface area contributed by atoms with Crippen LogP contribution in [0.4, 0.5) is 5.69 Å². The number of nitrogens with zero attached hydrogens (tertiary/aromatic N) is 2. The summed E-state index contributed by atoms with van der Waals surface area (Å²) in [5.74, 6) is -0.0709. The molecule has 0 aliphatic carbocycles. The molecule has 0 spiro atoms. The van der Waals surface area contributed by atoms with E-state index >= 15 is 0 Å². The Balaban J connectivity index is 2.03. The molecule has 1 fully saturated rings. The molecule has 0 radical (unpaired) electrons. The van der Waals surface area contributed by atoms with Gasteiger partial charge in [0.1, 0.15) is 0 Å². The summed E-state index contributed by atoms with van der Waals surface area (Å²) < 4.78 is 0. The average molecular weight is 310 g/mol. The minimum atomic E-state index is -0.0709.